The number of fused-ring (bicyclic) bond motifs is 1. The fourth-order valence-electron chi connectivity index (χ4n) is 2.32. The van der Waals surface area contributed by atoms with E-state index in [0.717, 1.165) is 11.1 Å². The third-order valence-electron chi connectivity index (χ3n) is 3.13. The number of carbonyl (C=O) groups is 1. The Morgan fingerprint density at radius 2 is 2.28 bits per heavy atom. The highest BCUT2D eigenvalue weighted by Gasteiger charge is 2.32. The van der Waals surface area contributed by atoms with Gasteiger partial charge >= 0.3 is 5.97 Å². The van der Waals surface area contributed by atoms with Crippen LogP contribution < -0.4 is 5.73 Å². The van der Waals surface area contributed by atoms with E-state index in [1.807, 2.05) is 6.07 Å². The van der Waals surface area contributed by atoms with Gasteiger partial charge in [0, 0.05) is 24.6 Å². The van der Waals surface area contributed by atoms with E-state index in [9.17, 15) is 9.90 Å². The molecular weight excluding hydrogens is 234 g/mol. The van der Waals surface area contributed by atoms with Crippen molar-refractivity contribution in [1.29, 1.82) is 0 Å². The highest BCUT2D eigenvalue weighted by Crippen LogP contribution is 2.38. The van der Waals surface area contributed by atoms with Crippen LogP contribution in [-0.4, -0.2) is 28.8 Å². The highest BCUT2D eigenvalue weighted by molar-refractivity contribution is 5.66. The van der Waals surface area contributed by atoms with Crippen molar-refractivity contribution in [2.24, 2.45) is 5.73 Å². The normalized spacial score (nSPS) is 21.8. The van der Waals surface area contributed by atoms with E-state index < -0.39 is 5.97 Å². The summed E-state index contributed by atoms with van der Waals surface area (Å²) >= 11 is 0. The van der Waals surface area contributed by atoms with Crippen molar-refractivity contribution in [3.05, 3.63) is 29.3 Å². The van der Waals surface area contributed by atoms with E-state index in [1.54, 1.807) is 12.1 Å². The second-order valence-electron chi connectivity index (χ2n) is 4.51. The molecule has 2 rings (SSSR count). The van der Waals surface area contributed by atoms with Crippen LogP contribution >= 0.6 is 0 Å². The van der Waals surface area contributed by atoms with Crippen LogP contribution in [0.15, 0.2) is 18.2 Å². The molecule has 0 fully saturated rings. The molecule has 1 aliphatic carbocycles. The molecule has 1 aliphatic rings. The number of ether oxygens (including phenoxy) is 1. The molecule has 18 heavy (non-hydrogen) atoms. The lowest BCUT2D eigenvalue weighted by atomic mass is 10.1. The molecule has 5 heteroatoms. The molecule has 0 aliphatic heterocycles. The molecular formula is C13H17NO4. The third kappa shape index (κ3) is 2.63. The van der Waals surface area contributed by atoms with Crippen LogP contribution in [0.3, 0.4) is 0 Å². The van der Waals surface area contributed by atoms with E-state index in [0.29, 0.717) is 19.4 Å². The molecule has 4 N–H and O–H groups in total. The number of aliphatic carboxylic acids is 1. The Hall–Kier alpha value is -1.59. The van der Waals surface area contributed by atoms with Crippen LogP contribution in [0.1, 0.15) is 30.1 Å². The van der Waals surface area contributed by atoms with E-state index in [2.05, 4.69) is 0 Å². The zero-order valence-corrected chi connectivity index (χ0v) is 10.0. The number of carboxylic acid groups (broad SMARTS) is 1. The standard InChI is InChI=1S/C13H17NO4/c14-9-7-8-3-1-4-10(15)12(8)13(9)18-6-2-5-11(16)17/h1,3-4,9,13,15H,2,5-7,14H2,(H,16,17). The lowest BCUT2D eigenvalue weighted by Crippen LogP contribution is -2.27. The smallest absolute Gasteiger partial charge is 0.303 e. The lowest BCUT2D eigenvalue weighted by molar-refractivity contribution is -0.137. The van der Waals surface area contributed by atoms with Crippen molar-refractivity contribution in [2.45, 2.75) is 31.4 Å². The topological polar surface area (TPSA) is 92.8 Å². The summed E-state index contributed by atoms with van der Waals surface area (Å²) in [4.78, 5) is 10.4. The van der Waals surface area contributed by atoms with E-state index in [-0.39, 0.29) is 24.3 Å². The fraction of sp³-hybridized carbons (Fsp3) is 0.462. The second-order valence-corrected chi connectivity index (χ2v) is 4.51. The predicted octanol–water partition coefficient (Wildman–Crippen LogP) is 1.20. The quantitative estimate of drug-likeness (QED) is 0.684. The Morgan fingerprint density at radius 1 is 1.50 bits per heavy atom. The summed E-state index contributed by atoms with van der Waals surface area (Å²) in [6.07, 6.45) is 0.861. The van der Waals surface area contributed by atoms with Crippen molar-refractivity contribution in [3.8, 4) is 5.75 Å². The number of phenolic OH excluding ortho intramolecular Hbond substituents is 1. The largest absolute Gasteiger partial charge is 0.508 e. The number of benzene rings is 1. The molecule has 98 valence electrons. The minimum absolute atomic E-state index is 0.0790. The van der Waals surface area contributed by atoms with Gasteiger partial charge in [-0.15, -0.1) is 0 Å². The Kier molecular flexibility index (Phi) is 3.84. The van der Waals surface area contributed by atoms with Crippen molar-refractivity contribution < 1.29 is 19.7 Å². The average molecular weight is 251 g/mol. The first kappa shape index (κ1) is 12.9. The van der Waals surface area contributed by atoms with Gasteiger partial charge in [-0.3, -0.25) is 4.79 Å². The van der Waals surface area contributed by atoms with Crippen molar-refractivity contribution in [1.82, 2.24) is 0 Å². The molecule has 2 atom stereocenters. The minimum atomic E-state index is -0.836. The maximum Gasteiger partial charge on any atom is 0.303 e. The lowest BCUT2D eigenvalue weighted by Gasteiger charge is -2.18. The molecule has 0 bridgehead atoms. The van der Waals surface area contributed by atoms with Gasteiger partial charge in [-0.05, 0) is 24.5 Å². The van der Waals surface area contributed by atoms with E-state index >= 15 is 0 Å². The second kappa shape index (κ2) is 5.37. The molecule has 2 unspecified atom stereocenters. The van der Waals surface area contributed by atoms with Crippen LogP contribution in [0.5, 0.6) is 5.75 Å². The number of aromatic hydroxyl groups is 1. The predicted molar refractivity (Wildman–Crippen MR) is 65.3 cm³/mol. The molecule has 5 nitrogen and oxygen atoms in total. The van der Waals surface area contributed by atoms with Gasteiger partial charge in [0.1, 0.15) is 11.9 Å². The number of rotatable bonds is 5. The number of hydrogen-bond donors (Lipinski definition) is 3. The van der Waals surface area contributed by atoms with Gasteiger partial charge in [0.15, 0.2) is 0 Å². The zero-order valence-electron chi connectivity index (χ0n) is 10.0. The van der Waals surface area contributed by atoms with Gasteiger partial charge in [-0.2, -0.15) is 0 Å². The molecule has 0 saturated heterocycles. The summed E-state index contributed by atoms with van der Waals surface area (Å²) in [7, 11) is 0. The Labute approximate surface area is 105 Å². The number of carboxylic acids is 1. The summed E-state index contributed by atoms with van der Waals surface area (Å²) in [5.74, 6) is -0.638. The molecule has 0 aromatic heterocycles. The Morgan fingerprint density at radius 3 is 3.00 bits per heavy atom. The zero-order chi connectivity index (χ0) is 13.1. The van der Waals surface area contributed by atoms with Crippen LogP contribution in [0, 0.1) is 0 Å². The van der Waals surface area contributed by atoms with Crippen LogP contribution in [0.4, 0.5) is 0 Å². The number of nitrogens with two attached hydrogens (primary N) is 1. The summed E-state index contributed by atoms with van der Waals surface area (Å²) < 4.78 is 5.62. The van der Waals surface area contributed by atoms with E-state index in [4.69, 9.17) is 15.6 Å². The molecule has 1 aromatic rings. The summed E-state index contributed by atoms with van der Waals surface area (Å²) in [6, 6.07) is 5.14. The summed E-state index contributed by atoms with van der Waals surface area (Å²) in [5, 5.41) is 18.4. The molecule has 0 spiro atoms. The monoisotopic (exact) mass is 251 g/mol. The van der Waals surface area contributed by atoms with Crippen LogP contribution in [0.25, 0.3) is 0 Å². The molecule has 0 radical (unpaired) electrons. The van der Waals surface area contributed by atoms with Crippen molar-refractivity contribution in [2.75, 3.05) is 6.61 Å². The van der Waals surface area contributed by atoms with Crippen LogP contribution in [0.2, 0.25) is 0 Å². The van der Waals surface area contributed by atoms with Crippen LogP contribution in [-0.2, 0) is 16.0 Å². The maximum absolute atomic E-state index is 10.4. The van der Waals surface area contributed by atoms with Gasteiger partial charge < -0.3 is 20.7 Å². The van der Waals surface area contributed by atoms with E-state index in [1.165, 1.54) is 0 Å². The first-order chi connectivity index (χ1) is 8.59. The average Bonchev–Trinajstić information content (AvgIpc) is 2.62. The molecule has 1 aromatic carbocycles. The summed E-state index contributed by atoms with van der Waals surface area (Å²) in [6.45, 7) is 0.332. The highest BCUT2D eigenvalue weighted by atomic mass is 16.5. The third-order valence-corrected chi connectivity index (χ3v) is 3.13. The maximum atomic E-state index is 10.4. The first-order valence-electron chi connectivity index (χ1n) is 5.99. The summed E-state index contributed by atoms with van der Waals surface area (Å²) in [5.41, 5.74) is 7.74. The van der Waals surface area contributed by atoms with Gasteiger partial charge in [-0.25, -0.2) is 0 Å². The first-order valence-corrected chi connectivity index (χ1v) is 5.99. The van der Waals surface area contributed by atoms with Gasteiger partial charge in [0.05, 0.1) is 0 Å². The molecule has 0 amide bonds. The SMILES string of the molecule is NC1Cc2cccc(O)c2C1OCCCC(=O)O. The van der Waals surface area contributed by atoms with Gasteiger partial charge in [0.25, 0.3) is 0 Å². The fourth-order valence-corrected chi connectivity index (χ4v) is 2.32. The minimum Gasteiger partial charge on any atom is -0.508 e. The number of hydrogen-bond acceptors (Lipinski definition) is 4. The van der Waals surface area contributed by atoms with Crippen molar-refractivity contribution >= 4 is 5.97 Å². The van der Waals surface area contributed by atoms with Gasteiger partial charge in [0.2, 0.25) is 0 Å². The Balaban J connectivity index is 1.99. The molecule has 0 heterocycles. The Bertz CT molecular complexity index is 447. The van der Waals surface area contributed by atoms with Gasteiger partial charge in [-0.1, -0.05) is 12.1 Å². The number of phenols is 1. The van der Waals surface area contributed by atoms with Crippen molar-refractivity contribution in [3.63, 3.8) is 0 Å². The molecule has 0 saturated carbocycles.